The van der Waals surface area contributed by atoms with Gasteiger partial charge in [0, 0.05) is 15.0 Å². The Morgan fingerprint density at radius 2 is 2.33 bits per heavy atom. The number of hydrogen-bond acceptors (Lipinski definition) is 3. The molecule has 1 rings (SSSR count). The van der Waals surface area contributed by atoms with Gasteiger partial charge in [0.15, 0.2) is 0 Å². The van der Waals surface area contributed by atoms with Gasteiger partial charge >= 0.3 is 0 Å². The maximum absolute atomic E-state index is 9.67. The average molecular weight is 322 g/mol. The van der Waals surface area contributed by atoms with Gasteiger partial charge < -0.3 is 16.2 Å². The summed E-state index contributed by atoms with van der Waals surface area (Å²) in [4.78, 5) is 0. The monoisotopic (exact) mass is 322 g/mol. The first-order valence-electron chi connectivity index (χ1n) is 5.09. The second kappa shape index (κ2) is 4.74. The zero-order valence-electron chi connectivity index (χ0n) is 9.26. The van der Waals surface area contributed by atoms with Crippen molar-refractivity contribution in [3.63, 3.8) is 0 Å². The molecule has 2 atom stereocenters. The molecule has 0 aromatic rings. The fourth-order valence-electron chi connectivity index (χ4n) is 1.87. The third-order valence-corrected chi connectivity index (χ3v) is 3.38. The smallest absolute Gasteiger partial charge is 0.0928 e. The van der Waals surface area contributed by atoms with E-state index in [2.05, 4.69) is 48.3 Å². The standard InChI is InChI=1S/C11H19IN2O/c1-7(13)14-10-5-4-8(15)6-9(10)11(2,3)12/h5,8-9,14-15H,1,4,6,13H2,2-3H3/t8-,9-/m0/s1. The first-order chi connectivity index (χ1) is 6.80. The van der Waals surface area contributed by atoms with E-state index < -0.39 is 0 Å². The number of rotatable bonds is 3. The van der Waals surface area contributed by atoms with Crippen LogP contribution in [0.1, 0.15) is 26.7 Å². The van der Waals surface area contributed by atoms with Crippen molar-refractivity contribution in [1.82, 2.24) is 5.32 Å². The summed E-state index contributed by atoms with van der Waals surface area (Å²) in [5, 5.41) is 12.8. The van der Waals surface area contributed by atoms with Crippen LogP contribution >= 0.6 is 22.6 Å². The number of alkyl halides is 1. The fraction of sp³-hybridized carbons (Fsp3) is 0.636. The molecule has 1 aliphatic carbocycles. The minimum Gasteiger partial charge on any atom is -0.393 e. The van der Waals surface area contributed by atoms with Crippen LogP contribution in [0.25, 0.3) is 0 Å². The number of allylic oxidation sites excluding steroid dienone is 1. The SMILES string of the molecule is C=C(N)NC1=CC[C@H](O)C[C@@H]1C(C)(C)I. The molecule has 3 nitrogen and oxygen atoms in total. The molecule has 0 unspecified atom stereocenters. The molecule has 0 saturated carbocycles. The van der Waals surface area contributed by atoms with Crippen molar-refractivity contribution in [2.75, 3.05) is 0 Å². The van der Waals surface area contributed by atoms with Gasteiger partial charge in [-0.2, -0.15) is 0 Å². The molecule has 0 fully saturated rings. The lowest BCUT2D eigenvalue weighted by Crippen LogP contribution is -2.38. The summed E-state index contributed by atoms with van der Waals surface area (Å²) in [5.74, 6) is 0.755. The largest absolute Gasteiger partial charge is 0.393 e. The fourth-order valence-corrected chi connectivity index (χ4v) is 2.46. The van der Waals surface area contributed by atoms with Crippen molar-refractivity contribution < 1.29 is 5.11 Å². The molecular formula is C11H19IN2O. The molecule has 0 saturated heterocycles. The van der Waals surface area contributed by atoms with Crippen molar-refractivity contribution in [1.29, 1.82) is 0 Å². The van der Waals surface area contributed by atoms with E-state index in [0.717, 1.165) is 12.1 Å². The highest BCUT2D eigenvalue weighted by Crippen LogP contribution is 2.38. The maximum Gasteiger partial charge on any atom is 0.0928 e. The van der Waals surface area contributed by atoms with Gasteiger partial charge in [0.25, 0.3) is 0 Å². The molecule has 15 heavy (non-hydrogen) atoms. The van der Waals surface area contributed by atoms with Crippen LogP contribution in [0, 0.1) is 5.92 Å². The maximum atomic E-state index is 9.67. The van der Waals surface area contributed by atoms with E-state index in [1.54, 1.807) is 0 Å². The molecule has 0 aromatic heterocycles. The minimum absolute atomic E-state index is 0.0907. The summed E-state index contributed by atoms with van der Waals surface area (Å²) < 4.78 is 0.0907. The molecule has 0 bridgehead atoms. The molecular weight excluding hydrogens is 303 g/mol. The highest BCUT2D eigenvalue weighted by molar-refractivity contribution is 14.1. The lowest BCUT2D eigenvalue weighted by atomic mass is 9.82. The van der Waals surface area contributed by atoms with Crippen LogP contribution in [-0.4, -0.2) is 14.6 Å². The van der Waals surface area contributed by atoms with Crippen LogP contribution in [0.3, 0.4) is 0 Å². The minimum atomic E-state index is -0.236. The van der Waals surface area contributed by atoms with E-state index in [9.17, 15) is 5.11 Å². The van der Waals surface area contributed by atoms with Gasteiger partial charge in [-0.15, -0.1) is 0 Å². The molecule has 0 aliphatic heterocycles. The zero-order valence-corrected chi connectivity index (χ0v) is 11.4. The number of nitrogens with two attached hydrogens (primary N) is 1. The molecule has 86 valence electrons. The van der Waals surface area contributed by atoms with E-state index in [-0.39, 0.29) is 9.53 Å². The molecule has 1 aliphatic rings. The van der Waals surface area contributed by atoms with E-state index in [1.165, 1.54) is 0 Å². The number of aliphatic hydroxyl groups excluding tert-OH is 1. The second-order valence-electron chi connectivity index (χ2n) is 4.55. The van der Waals surface area contributed by atoms with Gasteiger partial charge in [-0.25, -0.2) is 0 Å². The Hall–Kier alpha value is -0.230. The molecule has 0 amide bonds. The number of nitrogens with one attached hydrogen (secondary N) is 1. The summed E-state index contributed by atoms with van der Waals surface area (Å²) in [5.41, 5.74) is 6.64. The van der Waals surface area contributed by atoms with Gasteiger partial charge in [-0.1, -0.05) is 49.1 Å². The first-order valence-corrected chi connectivity index (χ1v) is 6.17. The van der Waals surface area contributed by atoms with Crippen molar-refractivity contribution in [3.05, 3.63) is 24.2 Å². The Kier molecular flexibility index (Phi) is 4.06. The first kappa shape index (κ1) is 12.8. The van der Waals surface area contributed by atoms with Crippen LogP contribution < -0.4 is 11.1 Å². The van der Waals surface area contributed by atoms with Crippen LogP contribution in [-0.2, 0) is 0 Å². The van der Waals surface area contributed by atoms with Crippen LogP contribution in [0.5, 0.6) is 0 Å². The van der Waals surface area contributed by atoms with E-state index >= 15 is 0 Å². The van der Waals surface area contributed by atoms with Crippen molar-refractivity contribution in [3.8, 4) is 0 Å². The predicted octanol–water partition coefficient (Wildman–Crippen LogP) is 1.87. The van der Waals surface area contributed by atoms with Gasteiger partial charge in [-0.3, -0.25) is 0 Å². The predicted molar refractivity (Wildman–Crippen MR) is 71.4 cm³/mol. The Morgan fingerprint density at radius 1 is 1.73 bits per heavy atom. The lowest BCUT2D eigenvalue weighted by molar-refractivity contribution is 0.136. The van der Waals surface area contributed by atoms with Crippen LogP contribution in [0.2, 0.25) is 0 Å². The highest BCUT2D eigenvalue weighted by Gasteiger charge is 2.34. The Morgan fingerprint density at radius 3 is 2.80 bits per heavy atom. The Labute approximate surface area is 105 Å². The van der Waals surface area contributed by atoms with E-state index in [4.69, 9.17) is 5.73 Å². The molecule has 4 heteroatoms. The van der Waals surface area contributed by atoms with Crippen molar-refractivity contribution >= 4 is 22.6 Å². The molecule has 0 spiro atoms. The number of halogens is 1. The van der Waals surface area contributed by atoms with Gasteiger partial charge in [0.2, 0.25) is 0 Å². The summed E-state index contributed by atoms with van der Waals surface area (Å²) in [6.45, 7) is 7.96. The Balaban J connectivity index is 2.85. The zero-order chi connectivity index (χ0) is 11.6. The number of aliphatic hydroxyl groups is 1. The van der Waals surface area contributed by atoms with Gasteiger partial charge in [-0.05, 0) is 12.8 Å². The van der Waals surface area contributed by atoms with E-state index in [1.807, 2.05) is 6.08 Å². The quantitative estimate of drug-likeness (QED) is 0.549. The van der Waals surface area contributed by atoms with Crippen LogP contribution in [0.15, 0.2) is 24.2 Å². The molecule has 0 radical (unpaired) electrons. The van der Waals surface area contributed by atoms with Crippen LogP contribution in [0.4, 0.5) is 0 Å². The highest BCUT2D eigenvalue weighted by atomic mass is 127. The summed E-state index contributed by atoms with van der Waals surface area (Å²) in [7, 11) is 0. The average Bonchev–Trinajstić information content (AvgIpc) is 2.05. The number of hydrogen-bond donors (Lipinski definition) is 3. The Bertz CT molecular complexity index is 281. The second-order valence-corrected chi connectivity index (χ2v) is 7.33. The molecule has 0 aromatic carbocycles. The van der Waals surface area contributed by atoms with E-state index in [0.29, 0.717) is 18.2 Å². The summed E-state index contributed by atoms with van der Waals surface area (Å²) in [6, 6.07) is 0. The lowest BCUT2D eigenvalue weighted by Gasteiger charge is -2.36. The van der Waals surface area contributed by atoms with Crippen molar-refractivity contribution in [2.45, 2.75) is 36.2 Å². The van der Waals surface area contributed by atoms with Gasteiger partial charge in [0.05, 0.1) is 11.9 Å². The molecule has 0 heterocycles. The third-order valence-electron chi connectivity index (χ3n) is 2.63. The molecule has 4 N–H and O–H groups in total. The van der Waals surface area contributed by atoms with Gasteiger partial charge in [0.1, 0.15) is 0 Å². The summed E-state index contributed by atoms with van der Waals surface area (Å²) in [6.07, 6.45) is 3.26. The third kappa shape index (κ3) is 3.68. The summed E-state index contributed by atoms with van der Waals surface area (Å²) >= 11 is 2.41. The normalized spacial score (nSPS) is 27.1. The van der Waals surface area contributed by atoms with Crippen molar-refractivity contribution in [2.24, 2.45) is 11.7 Å². The topological polar surface area (TPSA) is 58.3 Å².